The van der Waals surface area contributed by atoms with Crippen molar-refractivity contribution in [1.82, 2.24) is 14.7 Å². The summed E-state index contributed by atoms with van der Waals surface area (Å²) in [6.45, 7) is 2.36. The summed E-state index contributed by atoms with van der Waals surface area (Å²) in [5.41, 5.74) is 1.73. The van der Waals surface area contributed by atoms with Crippen molar-refractivity contribution in [2.24, 2.45) is 0 Å². The molecule has 0 radical (unpaired) electrons. The van der Waals surface area contributed by atoms with E-state index in [1.807, 2.05) is 41.3 Å². The summed E-state index contributed by atoms with van der Waals surface area (Å²) in [4.78, 5) is 29.1. The van der Waals surface area contributed by atoms with Crippen LogP contribution in [0.4, 0.5) is 5.69 Å². The predicted molar refractivity (Wildman–Crippen MR) is 125 cm³/mol. The first kappa shape index (κ1) is 21.1. The molecule has 9 heteroatoms. The van der Waals surface area contributed by atoms with Crippen LogP contribution in [0, 0.1) is 0 Å². The first-order chi connectivity index (χ1) is 16.1. The van der Waals surface area contributed by atoms with E-state index in [-0.39, 0.29) is 23.3 Å². The number of rotatable bonds is 4. The molecule has 0 unspecified atom stereocenters. The lowest BCUT2D eigenvalue weighted by atomic mass is 10.2. The zero-order chi connectivity index (χ0) is 22.8. The summed E-state index contributed by atoms with van der Waals surface area (Å²) in [5.74, 6) is 1.31. The summed E-state index contributed by atoms with van der Waals surface area (Å²) < 4.78 is 12.0. The van der Waals surface area contributed by atoms with E-state index in [0.717, 1.165) is 5.56 Å². The highest BCUT2D eigenvalue weighted by molar-refractivity contribution is 6.33. The van der Waals surface area contributed by atoms with Gasteiger partial charge in [0.1, 0.15) is 5.02 Å². The van der Waals surface area contributed by atoms with Crippen molar-refractivity contribution in [2.45, 2.75) is 0 Å². The topological polar surface area (TPSA) is 76.9 Å². The lowest BCUT2D eigenvalue weighted by Crippen LogP contribution is -2.48. The number of fused-ring (bicyclic) bond motifs is 1. The highest BCUT2D eigenvalue weighted by Gasteiger charge is 2.23. The Kier molecular flexibility index (Phi) is 5.75. The molecule has 8 nitrogen and oxygen atoms in total. The van der Waals surface area contributed by atoms with E-state index in [1.165, 1.54) is 4.68 Å². The zero-order valence-corrected chi connectivity index (χ0v) is 18.4. The Labute approximate surface area is 195 Å². The van der Waals surface area contributed by atoms with Crippen LogP contribution in [0.25, 0.3) is 11.8 Å². The number of benzene rings is 2. The average molecular weight is 465 g/mol. The molecule has 33 heavy (non-hydrogen) atoms. The van der Waals surface area contributed by atoms with Gasteiger partial charge >= 0.3 is 0 Å². The van der Waals surface area contributed by atoms with E-state index in [2.05, 4.69) is 5.10 Å². The maximum absolute atomic E-state index is 12.7. The van der Waals surface area contributed by atoms with Crippen LogP contribution in [-0.4, -0.2) is 53.6 Å². The second-order valence-corrected chi connectivity index (χ2v) is 8.03. The molecule has 0 spiro atoms. The van der Waals surface area contributed by atoms with Gasteiger partial charge in [0.2, 0.25) is 12.7 Å². The molecule has 3 aromatic rings. The highest BCUT2D eigenvalue weighted by atomic mass is 35.5. The number of amides is 1. The molecule has 1 aromatic heterocycles. The largest absolute Gasteiger partial charge is 0.454 e. The minimum atomic E-state index is -0.370. The fourth-order valence-electron chi connectivity index (χ4n) is 3.86. The van der Waals surface area contributed by atoms with Gasteiger partial charge in [0.25, 0.3) is 5.56 Å². The number of para-hydroxylation sites is 1. The van der Waals surface area contributed by atoms with Gasteiger partial charge in [-0.3, -0.25) is 9.59 Å². The first-order valence-corrected chi connectivity index (χ1v) is 10.9. The van der Waals surface area contributed by atoms with Crippen molar-refractivity contribution in [3.63, 3.8) is 0 Å². The van der Waals surface area contributed by atoms with Crippen LogP contribution in [0.1, 0.15) is 5.56 Å². The van der Waals surface area contributed by atoms with Crippen LogP contribution in [0.2, 0.25) is 5.02 Å². The molecule has 2 aromatic carbocycles. The van der Waals surface area contributed by atoms with Crippen molar-refractivity contribution < 1.29 is 14.3 Å². The number of nitrogens with zero attached hydrogens (tertiary/aromatic N) is 4. The fraction of sp³-hybridized carbons (Fsp3) is 0.208. The first-order valence-electron chi connectivity index (χ1n) is 10.5. The van der Waals surface area contributed by atoms with E-state index in [0.29, 0.717) is 49.1 Å². The van der Waals surface area contributed by atoms with Crippen LogP contribution >= 0.6 is 11.6 Å². The quantitative estimate of drug-likeness (QED) is 0.552. The molecule has 168 valence electrons. The summed E-state index contributed by atoms with van der Waals surface area (Å²) in [6, 6.07) is 14.7. The molecule has 2 aliphatic rings. The lowest BCUT2D eigenvalue weighted by Gasteiger charge is -2.35. The Morgan fingerprint density at radius 2 is 1.76 bits per heavy atom. The van der Waals surface area contributed by atoms with Crippen LogP contribution in [0.5, 0.6) is 11.5 Å². The molecule has 1 amide bonds. The van der Waals surface area contributed by atoms with Crippen LogP contribution in [0.15, 0.2) is 65.6 Å². The standard InChI is InChI=1S/C24H21ClN4O4/c25-23-19(15-26-29(24(23)31)18-4-2-1-3-5-18)27-10-12-28(13-11-27)22(30)9-7-17-6-8-20-21(14-17)33-16-32-20/h1-9,14-15H,10-13,16H2. The SMILES string of the molecule is O=C(C=Cc1ccc2c(c1)OCO2)N1CCN(c2cnn(-c3ccccc3)c(=O)c2Cl)CC1. The number of aromatic nitrogens is 2. The third-order valence-electron chi connectivity index (χ3n) is 5.65. The fourth-order valence-corrected chi connectivity index (χ4v) is 4.10. The molecule has 0 bridgehead atoms. The van der Waals surface area contributed by atoms with Crippen molar-refractivity contribution in [3.8, 4) is 17.2 Å². The van der Waals surface area contributed by atoms with E-state index >= 15 is 0 Å². The average Bonchev–Trinajstić information content (AvgIpc) is 3.33. The Morgan fingerprint density at radius 3 is 2.55 bits per heavy atom. The van der Waals surface area contributed by atoms with Crippen molar-refractivity contribution in [1.29, 1.82) is 0 Å². The summed E-state index contributed by atoms with van der Waals surface area (Å²) in [5, 5.41) is 4.42. The van der Waals surface area contributed by atoms with Gasteiger partial charge in [-0.1, -0.05) is 35.9 Å². The maximum Gasteiger partial charge on any atom is 0.292 e. The van der Waals surface area contributed by atoms with Gasteiger partial charge in [-0.25, -0.2) is 0 Å². The number of ether oxygens (including phenoxy) is 2. The second-order valence-electron chi connectivity index (χ2n) is 7.65. The van der Waals surface area contributed by atoms with Gasteiger partial charge in [-0.15, -0.1) is 0 Å². The zero-order valence-electron chi connectivity index (χ0n) is 17.7. The Hall–Kier alpha value is -3.78. The van der Waals surface area contributed by atoms with Gasteiger partial charge in [-0.2, -0.15) is 9.78 Å². The van der Waals surface area contributed by atoms with Crippen LogP contribution < -0.4 is 19.9 Å². The van der Waals surface area contributed by atoms with Gasteiger partial charge < -0.3 is 19.3 Å². The summed E-state index contributed by atoms with van der Waals surface area (Å²) in [7, 11) is 0. The normalized spacial score (nSPS) is 15.3. The number of hydrogen-bond donors (Lipinski definition) is 0. The monoisotopic (exact) mass is 464 g/mol. The number of carbonyl (C=O) groups excluding carboxylic acids is 1. The molecule has 0 atom stereocenters. The number of carbonyl (C=O) groups is 1. The molecular formula is C24H21ClN4O4. The van der Waals surface area contributed by atoms with E-state index < -0.39 is 0 Å². The molecular weight excluding hydrogens is 444 g/mol. The summed E-state index contributed by atoms with van der Waals surface area (Å²) >= 11 is 6.41. The Morgan fingerprint density at radius 1 is 1.00 bits per heavy atom. The molecule has 0 N–H and O–H groups in total. The lowest BCUT2D eigenvalue weighted by molar-refractivity contribution is -0.126. The highest BCUT2D eigenvalue weighted by Crippen LogP contribution is 2.32. The molecule has 0 saturated carbocycles. The third kappa shape index (κ3) is 4.29. The Balaban J connectivity index is 1.23. The molecule has 1 saturated heterocycles. The predicted octanol–water partition coefficient (Wildman–Crippen LogP) is 2.98. The van der Waals surface area contributed by atoms with E-state index in [1.54, 1.807) is 35.4 Å². The summed E-state index contributed by atoms with van der Waals surface area (Å²) in [6.07, 6.45) is 4.93. The molecule has 3 heterocycles. The van der Waals surface area contributed by atoms with Crippen molar-refractivity contribution >= 4 is 29.3 Å². The molecule has 1 fully saturated rings. The Bertz CT molecular complexity index is 1270. The number of anilines is 1. The van der Waals surface area contributed by atoms with Gasteiger partial charge in [-0.05, 0) is 35.9 Å². The van der Waals surface area contributed by atoms with E-state index in [4.69, 9.17) is 21.1 Å². The van der Waals surface area contributed by atoms with Gasteiger partial charge in [0, 0.05) is 32.3 Å². The molecule has 5 rings (SSSR count). The minimum Gasteiger partial charge on any atom is -0.454 e. The minimum absolute atomic E-state index is 0.0731. The second kappa shape index (κ2) is 8.99. The van der Waals surface area contributed by atoms with Gasteiger partial charge in [0.15, 0.2) is 11.5 Å². The molecule has 0 aliphatic carbocycles. The van der Waals surface area contributed by atoms with Crippen LogP contribution in [0.3, 0.4) is 0 Å². The van der Waals surface area contributed by atoms with E-state index in [9.17, 15) is 9.59 Å². The number of piperazine rings is 1. The smallest absolute Gasteiger partial charge is 0.292 e. The number of halogens is 1. The van der Waals surface area contributed by atoms with Gasteiger partial charge in [0.05, 0.1) is 17.6 Å². The third-order valence-corrected chi connectivity index (χ3v) is 6.00. The number of hydrogen-bond acceptors (Lipinski definition) is 6. The van der Waals surface area contributed by atoms with Crippen molar-refractivity contribution in [3.05, 3.63) is 81.7 Å². The maximum atomic E-state index is 12.7. The van der Waals surface area contributed by atoms with Crippen molar-refractivity contribution in [2.75, 3.05) is 37.9 Å². The molecule has 2 aliphatic heterocycles. The van der Waals surface area contributed by atoms with Crippen LogP contribution in [-0.2, 0) is 4.79 Å².